The Morgan fingerprint density at radius 2 is 2.00 bits per heavy atom. The molecule has 2 aromatic rings. The fourth-order valence-corrected chi connectivity index (χ4v) is 1.13. The lowest BCUT2D eigenvalue weighted by Crippen LogP contribution is -1.68. The quantitative estimate of drug-likeness (QED) is 0.651. The number of hydrogen-bond acceptors (Lipinski definition) is 2. The van der Waals surface area contributed by atoms with Crippen LogP contribution in [0.15, 0.2) is 18.2 Å². The summed E-state index contributed by atoms with van der Waals surface area (Å²) in [5, 5.41) is 9.09. The second kappa shape index (κ2) is 3.94. The van der Waals surface area contributed by atoms with E-state index in [1.54, 1.807) is 18.2 Å². The maximum Gasteiger partial charge on any atom is 0.117 e. The van der Waals surface area contributed by atoms with Crippen molar-refractivity contribution < 1.29 is 5.11 Å². The molecule has 0 radical (unpaired) electrons. The Balaban J connectivity index is 0.000000396. The summed E-state index contributed by atoms with van der Waals surface area (Å²) in [6.45, 7) is 5.89. The number of nitrogens with one attached hydrogen (secondary N) is 1. The van der Waals surface area contributed by atoms with Gasteiger partial charge >= 0.3 is 0 Å². The van der Waals surface area contributed by atoms with Crippen LogP contribution in [0.25, 0.3) is 11.0 Å². The third-order valence-electron chi connectivity index (χ3n) is 1.58. The zero-order valence-electron chi connectivity index (χ0n) is 8.13. The van der Waals surface area contributed by atoms with Gasteiger partial charge in [0.05, 0.1) is 11.0 Å². The Morgan fingerprint density at radius 1 is 1.31 bits per heavy atom. The lowest BCUT2D eigenvalue weighted by atomic mass is 10.3. The molecule has 1 heterocycles. The molecule has 2 rings (SSSR count). The van der Waals surface area contributed by atoms with E-state index in [9.17, 15) is 0 Å². The molecule has 0 fully saturated rings. The molecule has 0 atom stereocenters. The number of aromatic amines is 1. The van der Waals surface area contributed by atoms with Crippen molar-refractivity contribution in [3.8, 4) is 5.75 Å². The van der Waals surface area contributed by atoms with Crippen LogP contribution in [-0.2, 0) is 0 Å². The maximum atomic E-state index is 9.09. The molecule has 3 nitrogen and oxygen atoms in total. The molecule has 1 aromatic carbocycles. The lowest BCUT2D eigenvalue weighted by molar-refractivity contribution is 0.476. The van der Waals surface area contributed by atoms with Crippen molar-refractivity contribution in [3.63, 3.8) is 0 Å². The van der Waals surface area contributed by atoms with Crippen LogP contribution in [0.2, 0.25) is 0 Å². The number of aromatic hydroxyl groups is 1. The predicted molar refractivity (Wildman–Crippen MR) is 53.8 cm³/mol. The third-order valence-corrected chi connectivity index (χ3v) is 1.58. The Bertz CT molecular complexity index is 393. The zero-order chi connectivity index (χ0) is 9.84. The van der Waals surface area contributed by atoms with Gasteiger partial charge in [-0.3, -0.25) is 0 Å². The minimum absolute atomic E-state index is 0.265. The fraction of sp³-hybridized carbons (Fsp3) is 0.300. The second-order valence-corrected chi connectivity index (χ2v) is 2.52. The van der Waals surface area contributed by atoms with Crippen LogP contribution in [0.5, 0.6) is 5.75 Å². The highest BCUT2D eigenvalue weighted by Gasteiger charge is 1.98. The molecule has 0 aliphatic rings. The van der Waals surface area contributed by atoms with E-state index in [2.05, 4.69) is 9.97 Å². The molecule has 13 heavy (non-hydrogen) atoms. The number of imidazole rings is 1. The van der Waals surface area contributed by atoms with Crippen LogP contribution in [0, 0.1) is 6.92 Å². The molecule has 0 bridgehead atoms. The molecule has 3 heteroatoms. The van der Waals surface area contributed by atoms with E-state index in [4.69, 9.17) is 5.11 Å². The average molecular weight is 178 g/mol. The number of aromatic nitrogens is 2. The first-order valence-electron chi connectivity index (χ1n) is 4.41. The zero-order valence-corrected chi connectivity index (χ0v) is 8.13. The Hall–Kier alpha value is -1.51. The van der Waals surface area contributed by atoms with E-state index in [1.807, 2.05) is 20.8 Å². The van der Waals surface area contributed by atoms with E-state index in [0.717, 1.165) is 16.9 Å². The number of phenols is 1. The summed E-state index contributed by atoms with van der Waals surface area (Å²) >= 11 is 0. The van der Waals surface area contributed by atoms with Gasteiger partial charge in [0.1, 0.15) is 11.6 Å². The van der Waals surface area contributed by atoms with Crippen molar-refractivity contribution in [2.75, 3.05) is 0 Å². The number of nitrogens with zero attached hydrogens (tertiary/aromatic N) is 1. The highest BCUT2D eigenvalue weighted by molar-refractivity contribution is 5.76. The number of rotatable bonds is 0. The van der Waals surface area contributed by atoms with Crippen LogP contribution >= 0.6 is 0 Å². The van der Waals surface area contributed by atoms with Gasteiger partial charge in [-0.05, 0) is 19.1 Å². The molecule has 0 aliphatic carbocycles. The Labute approximate surface area is 77.4 Å². The molecule has 1 aromatic heterocycles. The van der Waals surface area contributed by atoms with Gasteiger partial charge < -0.3 is 10.1 Å². The van der Waals surface area contributed by atoms with Crippen LogP contribution in [-0.4, -0.2) is 15.1 Å². The number of hydrogen-bond donors (Lipinski definition) is 2. The summed E-state index contributed by atoms with van der Waals surface area (Å²) in [5.74, 6) is 1.13. The molecule has 0 unspecified atom stereocenters. The van der Waals surface area contributed by atoms with Crippen LogP contribution in [0.4, 0.5) is 0 Å². The average Bonchev–Trinajstić information content (AvgIpc) is 2.48. The molecule has 70 valence electrons. The summed E-state index contributed by atoms with van der Waals surface area (Å²) in [6, 6.07) is 5.08. The first kappa shape index (κ1) is 9.58. The summed E-state index contributed by atoms with van der Waals surface area (Å²) in [7, 11) is 0. The third kappa shape index (κ3) is 1.99. The molecule has 0 amide bonds. The minimum Gasteiger partial charge on any atom is -0.508 e. The van der Waals surface area contributed by atoms with E-state index in [-0.39, 0.29) is 5.75 Å². The van der Waals surface area contributed by atoms with Crippen molar-refractivity contribution in [2.24, 2.45) is 0 Å². The monoisotopic (exact) mass is 178 g/mol. The molecule has 0 spiro atoms. The van der Waals surface area contributed by atoms with Gasteiger partial charge in [-0.1, -0.05) is 13.8 Å². The molecular formula is C10H14N2O. The van der Waals surface area contributed by atoms with E-state index >= 15 is 0 Å². The topological polar surface area (TPSA) is 48.9 Å². The second-order valence-electron chi connectivity index (χ2n) is 2.52. The van der Waals surface area contributed by atoms with Crippen LogP contribution in [0.1, 0.15) is 19.7 Å². The van der Waals surface area contributed by atoms with Crippen molar-refractivity contribution in [3.05, 3.63) is 24.0 Å². The van der Waals surface area contributed by atoms with Gasteiger partial charge in [-0.25, -0.2) is 4.98 Å². The Morgan fingerprint density at radius 3 is 2.69 bits per heavy atom. The van der Waals surface area contributed by atoms with Crippen molar-refractivity contribution >= 4 is 11.0 Å². The summed E-state index contributed by atoms with van der Waals surface area (Å²) in [4.78, 5) is 7.22. The first-order chi connectivity index (χ1) is 6.25. The fourth-order valence-electron chi connectivity index (χ4n) is 1.13. The number of aryl methyl sites for hydroxylation is 1. The SMILES string of the molecule is CC.Cc1nc2ccc(O)cc2[nH]1. The van der Waals surface area contributed by atoms with Crippen molar-refractivity contribution in [1.29, 1.82) is 0 Å². The molecule has 0 saturated carbocycles. The van der Waals surface area contributed by atoms with Gasteiger partial charge in [0.15, 0.2) is 0 Å². The molecular weight excluding hydrogens is 164 g/mol. The maximum absolute atomic E-state index is 9.09. The van der Waals surface area contributed by atoms with Crippen molar-refractivity contribution in [2.45, 2.75) is 20.8 Å². The minimum atomic E-state index is 0.265. The number of benzene rings is 1. The van der Waals surface area contributed by atoms with E-state index in [1.165, 1.54) is 0 Å². The van der Waals surface area contributed by atoms with Gasteiger partial charge in [0.25, 0.3) is 0 Å². The highest BCUT2D eigenvalue weighted by Crippen LogP contribution is 2.16. The number of fused-ring (bicyclic) bond motifs is 1. The van der Waals surface area contributed by atoms with Crippen LogP contribution in [0.3, 0.4) is 0 Å². The molecule has 0 aliphatic heterocycles. The van der Waals surface area contributed by atoms with Gasteiger partial charge in [-0.2, -0.15) is 0 Å². The summed E-state index contributed by atoms with van der Waals surface area (Å²) in [6.07, 6.45) is 0. The predicted octanol–water partition coefficient (Wildman–Crippen LogP) is 2.60. The Kier molecular flexibility index (Phi) is 2.90. The smallest absolute Gasteiger partial charge is 0.117 e. The summed E-state index contributed by atoms with van der Waals surface area (Å²) in [5.41, 5.74) is 1.77. The van der Waals surface area contributed by atoms with E-state index in [0.29, 0.717) is 0 Å². The molecule has 2 N–H and O–H groups in total. The number of H-pyrrole nitrogens is 1. The number of phenolic OH excluding ortho intramolecular Hbond substituents is 1. The van der Waals surface area contributed by atoms with Crippen molar-refractivity contribution in [1.82, 2.24) is 9.97 Å². The highest BCUT2D eigenvalue weighted by atomic mass is 16.3. The van der Waals surface area contributed by atoms with Crippen LogP contribution < -0.4 is 0 Å². The van der Waals surface area contributed by atoms with Gasteiger partial charge in [0, 0.05) is 6.07 Å². The standard InChI is InChI=1S/C8H8N2O.C2H6/c1-5-9-7-3-2-6(11)4-8(7)10-5;1-2/h2-4,11H,1H3,(H,9,10);1-2H3. The largest absolute Gasteiger partial charge is 0.508 e. The lowest BCUT2D eigenvalue weighted by Gasteiger charge is -1.88. The van der Waals surface area contributed by atoms with Gasteiger partial charge in [-0.15, -0.1) is 0 Å². The van der Waals surface area contributed by atoms with E-state index < -0.39 is 0 Å². The van der Waals surface area contributed by atoms with Gasteiger partial charge in [0.2, 0.25) is 0 Å². The molecule has 0 saturated heterocycles. The summed E-state index contributed by atoms with van der Waals surface area (Å²) < 4.78 is 0. The first-order valence-corrected chi connectivity index (χ1v) is 4.41. The normalized spacial score (nSPS) is 9.46.